The molecule has 0 rings (SSSR count). The Morgan fingerprint density at radius 2 is 1.73 bits per heavy atom. The van der Waals surface area contributed by atoms with Gasteiger partial charge < -0.3 is 4.74 Å². The summed E-state index contributed by atoms with van der Waals surface area (Å²) in [5.41, 5.74) is 0. The molecule has 0 aromatic rings. The van der Waals surface area contributed by atoms with Crippen LogP contribution in [-0.4, -0.2) is 18.6 Å². The summed E-state index contributed by atoms with van der Waals surface area (Å²) < 4.78 is 8.15. The molecule has 0 spiro atoms. The monoisotopic (exact) mass is 179 g/mol. The zero-order valence-corrected chi connectivity index (χ0v) is 9.34. The van der Waals surface area contributed by atoms with Crippen molar-refractivity contribution < 1.29 is 4.74 Å². The van der Waals surface area contributed by atoms with E-state index < -0.39 is 0 Å². The largest absolute Gasteiger partial charge is 0.369 e. The van der Waals surface area contributed by atoms with Gasteiger partial charge in [0.15, 0.2) is 0 Å². The fraction of sp³-hybridized carbons (Fsp3) is 1.00. The molecule has 0 aromatic heterocycles. The van der Waals surface area contributed by atoms with E-state index in [1.807, 2.05) is 13.8 Å². The lowest BCUT2D eigenvalue weighted by molar-refractivity contribution is 0.197. The number of nitrogens with one attached hydrogen (secondary N) is 1. The molecule has 2 nitrogen and oxygen atoms in total. The van der Waals surface area contributed by atoms with Crippen molar-refractivity contribution in [3.05, 3.63) is 0 Å². The summed E-state index contributed by atoms with van der Waals surface area (Å²) in [6.07, 6.45) is 0. The van der Waals surface area contributed by atoms with Crippen molar-refractivity contribution in [2.75, 3.05) is 13.8 Å². The van der Waals surface area contributed by atoms with Crippen molar-refractivity contribution in [1.29, 1.82) is 0 Å². The first-order valence-electron chi connectivity index (χ1n) is 3.96. The average molecular weight is 179 g/mol. The second-order valence-electron chi connectivity index (χ2n) is 2.79. The standard InChI is InChI=1S/C6H15NOS.C2H6/c1-6(2,3)9-7-5-8-4;1-2/h7H,5H2,1-4H3;1-2H3. The Kier molecular flexibility index (Phi) is 10.5. The first-order chi connectivity index (χ1) is 5.06. The summed E-state index contributed by atoms with van der Waals surface area (Å²) in [7, 11) is 1.68. The van der Waals surface area contributed by atoms with Crippen molar-refractivity contribution >= 4 is 11.9 Å². The average Bonchev–Trinajstić information content (AvgIpc) is 1.90. The summed E-state index contributed by atoms with van der Waals surface area (Å²) in [5, 5.41) is 0. The predicted octanol–water partition coefficient (Wildman–Crippen LogP) is 2.65. The van der Waals surface area contributed by atoms with Crippen molar-refractivity contribution in [3.8, 4) is 0 Å². The zero-order valence-electron chi connectivity index (χ0n) is 8.52. The van der Waals surface area contributed by atoms with Crippen molar-refractivity contribution in [1.82, 2.24) is 4.72 Å². The molecule has 0 unspecified atom stereocenters. The molecule has 0 aliphatic heterocycles. The van der Waals surface area contributed by atoms with Crippen LogP contribution in [0, 0.1) is 0 Å². The number of hydrogen-bond acceptors (Lipinski definition) is 3. The molecule has 0 fully saturated rings. The quantitative estimate of drug-likeness (QED) is 0.409. The normalized spacial score (nSPS) is 10.4. The minimum Gasteiger partial charge on any atom is -0.369 e. The van der Waals surface area contributed by atoms with Gasteiger partial charge in [-0.2, -0.15) is 0 Å². The molecule has 0 saturated heterocycles. The first-order valence-corrected chi connectivity index (χ1v) is 4.78. The van der Waals surface area contributed by atoms with E-state index in [9.17, 15) is 0 Å². The molecule has 0 bridgehead atoms. The van der Waals surface area contributed by atoms with Gasteiger partial charge in [0.2, 0.25) is 0 Å². The molecular weight excluding hydrogens is 158 g/mol. The molecule has 0 aromatic carbocycles. The van der Waals surface area contributed by atoms with E-state index in [1.54, 1.807) is 19.1 Å². The minimum absolute atomic E-state index is 0.276. The molecule has 11 heavy (non-hydrogen) atoms. The first kappa shape index (κ1) is 13.8. The van der Waals surface area contributed by atoms with E-state index in [4.69, 9.17) is 4.74 Å². The topological polar surface area (TPSA) is 21.3 Å². The molecule has 70 valence electrons. The van der Waals surface area contributed by atoms with Crippen LogP contribution in [0.2, 0.25) is 0 Å². The van der Waals surface area contributed by atoms with Gasteiger partial charge in [-0.3, -0.25) is 0 Å². The SMILES string of the molecule is CC.COCNSC(C)(C)C. The summed E-state index contributed by atoms with van der Waals surface area (Å²) >= 11 is 1.68. The van der Waals surface area contributed by atoms with Gasteiger partial charge >= 0.3 is 0 Å². The molecule has 3 heteroatoms. The summed E-state index contributed by atoms with van der Waals surface area (Å²) in [6.45, 7) is 11.1. The van der Waals surface area contributed by atoms with Crippen LogP contribution in [0.15, 0.2) is 0 Å². The van der Waals surface area contributed by atoms with Gasteiger partial charge in [-0.15, -0.1) is 0 Å². The van der Waals surface area contributed by atoms with Crippen LogP contribution in [0.4, 0.5) is 0 Å². The second kappa shape index (κ2) is 8.37. The van der Waals surface area contributed by atoms with Gasteiger partial charge in [0.25, 0.3) is 0 Å². The Bertz CT molecular complexity index is 71.0. The number of rotatable bonds is 3. The highest BCUT2D eigenvalue weighted by molar-refractivity contribution is 7.98. The van der Waals surface area contributed by atoms with Gasteiger partial charge in [-0.05, 0) is 20.8 Å². The van der Waals surface area contributed by atoms with E-state index in [0.29, 0.717) is 6.73 Å². The van der Waals surface area contributed by atoms with Gasteiger partial charge in [-0.1, -0.05) is 25.8 Å². The van der Waals surface area contributed by atoms with Gasteiger partial charge in [0.1, 0.15) is 6.73 Å². The van der Waals surface area contributed by atoms with E-state index in [2.05, 4.69) is 25.5 Å². The maximum Gasteiger partial charge on any atom is 0.105 e. The summed E-state index contributed by atoms with van der Waals surface area (Å²) in [6, 6.07) is 0. The smallest absolute Gasteiger partial charge is 0.105 e. The Balaban J connectivity index is 0. The maximum absolute atomic E-state index is 4.81. The van der Waals surface area contributed by atoms with Crippen molar-refractivity contribution in [3.63, 3.8) is 0 Å². The Hall–Kier alpha value is 0.270. The molecule has 0 heterocycles. The Morgan fingerprint density at radius 1 is 1.27 bits per heavy atom. The van der Waals surface area contributed by atoms with Crippen LogP contribution in [0.25, 0.3) is 0 Å². The molecule has 0 aliphatic carbocycles. The lowest BCUT2D eigenvalue weighted by Crippen LogP contribution is -2.18. The van der Waals surface area contributed by atoms with Crippen LogP contribution in [-0.2, 0) is 4.74 Å². The van der Waals surface area contributed by atoms with E-state index in [1.165, 1.54) is 0 Å². The highest BCUT2D eigenvalue weighted by Crippen LogP contribution is 2.18. The lowest BCUT2D eigenvalue weighted by Gasteiger charge is -2.16. The third kappa shape index (κ3) is 17.9. The highest BCUT2D eigenvalue weighted by Gasteiger charge is 2.08. The molecule has 0 atom stereocenters. The van der Waals surface area contributed by atoms with Crippen LogP contribution in [0.3, 0.4) is 0 Å². The third-order valence-corrected chi connectivity index (χ3v) is 1.46. The van der Waals surface area contributed by atoms with E-state index in [-0.39, 0.29) is 4.75 Å². The number of ether oxygens (including phenoxy) is 1. The Labute approximate surface area is 75.2 Å². The number of methoxy groups -OCH3 is 1. The predicted molar refractivity (Wildman–Crippen MR) is 53.7 cm³/mol. The van der Waals surface area contributed by atoms with E-state index >= 15 is 0 Å². The molecule has 1 N–H and O–H groups in total. The zero-order chi connectivity index (χ0) is 9.33. The highest BCUT2D eigenvalue weighted by atomic mass is 32.2. The van der Waals surface area contributed by atoms with Gasteiger partial charge in [-0.25, -0.2) is 4.72 Å². The summed E-state index contributed by atoms with van der Waals surface area (Å²) in [4.78, 5) is 0. The molecule has 0 amide bonds. The molecular formula is C8H21NOS. The van der Waals surface area contributed by atoms with Crippen molar-refractivity contribution in [2.24, 2.45) is 0 Å². The molecule has 0 aliphatic rings. The summed E-state index contributed by atoms with van der Waals surface area (Å²) in [5.74, 6) is 0. The van der Waals surface area contributed by atoms with Crippen LogP contribution in [0.1, 0.15) is 34.6 Å². The third-order valence-electron chi connectivity index (χ3n) is 0.582. The molecule has 0 saturated carbocycles. The fourth-order valence-electron chi connectivity index (χ4n) is 0.305. The van der Waals surface area contributed by atoms with Crippen molar-refractivity contribution in [2.45, 2.75) is 39.4 Å². The fourth-order valence-corrected chi connectivity index (χ4v) is 0.915. The van der Waals surface area contributed by atoms with Crippen LogP contribution >= 0.6 is 11.9 Å². The van der Waals surface area contributed by atoms with Crippen LogP contribution in [0.5, 0.6) is 0 Å². The van der Waals surface area contributed by atoms with Crippen LogP contribution < -0.4 is 4.72 Å². The van der Waals surface area contributed by atoms with E-state index in [0.717, 1.165) is 0 Å². The minimum atomic E-state index is 0.276. The molecule has 0 radical (unpaired) electrons. The maximum atomic E-state index is 4.81. The van der Waals surface area contributed by atoms with Gasteiger partial charge in [0.05, 0.1) is 0 Å². The second-order valence-corrected chi connectivity index (χ2v) is 4.51. The number of hydrogen-bond donors (Lipinski definition) is 1. The lowest BCUT2D eigenvalue weighted by atomic mass is 10.3. The van der Waals surface area contributed by atoms with Gasteiger partial charge in [0, 0.05) is 11.9 Å². The Morgan fingerprint density at radius 3 is 2.00 bits per heavy atom.